The van der Waals surface area contributed by atoms with Crippen molar-refractivity contribution in [2.24, 2.45) is 0 Å². The lowest BCUT2D eigenvalue weighted by Gasteiger charge is -2.18. The molecule has 0 unspecified atom stereocenters. The highest BCUT2D eigenvalue weighted by atomic mass is 32.1. The third kappa shape index (κ3) is 5.80. The van der Waals surface area contributed by atoms with Gasteiger partial charge in [0.1, 0.15) is 4.83 Å². The fourth-order valence-corrected chi connectivity index (χ4v) is 4.19. The van der Waals surface area contributed by atoms with Gasteiger partial charge in [-0.1, -0.05) is 30.3 Å². The van der Waals surface area contributed by atoms with Gasteiger partial charge in [-0.15, -0.1) is 11.3 Å². The molecule has 0 saturated carbocycles. The van der Waals surface area contributed by atoms with Crippen molar-refractivity contribution in [2.75, 3.05) is 26.7 Å². The number of rotatable bonds is 8. The van der Waals surface area contributed by atoms with Crippen molar-refractivity contribution in [1.82, 2.24) is 20.0 Å². The molecule has 156 valence electrons. The number of benzene rings is 1. The van der Waals surface area contributed by atoms with Crippen LogP contribution in [0.5, 0.6) is 0 Å². The Hall–Kier alpha value is -2.39. The van der Waals surface area contributed by atoms with Crippen molar-refractivity contribution in [3.8, 4) is 0 Å². The van der Waals surface area contributed by atoms with E-state index in [2.05, 4.69) is 10.4 Å². The van der Waals surface area contributed by atoms with E-state index in [9.17, 15) is 18.0 Å². The smallest absolute Gasteiger partial charge is 0.351 e. The van der Waals surface area contributed by atoms with Crippen LogP contribution in [0.2, 0.25) is 0 Å². The second-order valence-electron chi connectivity index (χ2n) is 7.02. The lowest BCUT2D eigenvalue weighted by molar-refractivity contribution is -0.143. The van der Waals surface area contributed by atoms with Crippen molar-refractivity contribution in [3.63, 3.8) is 0 Å². The quantitative estimate of drug-likeness (QED) is 0.555. The zero-order chi connectivity index (χ0) is 21.0. The van der Waals surface area contributed by atoms with E-state index >= 15 is 0 Å². The number of nitrogens with one attached hydrogen (secondary N) is 1. The number of aromatic nitrogens is 2. The van der Waals surface area contributed by atoms with Crippen LogP contribution in [0.4, 0.5) is 13.2 Å². The summed E-state index contributed by atoms with van der Waals surface area (Å²) in [5.41, 5.74) is 1.99. The predicted octanol–water partition coefficient (Wildman–Crippen LogP) is 4.07. The Labute approximate surface area is 171 Å². The third-order valence-corrected chi connectivity index (χ3v) is 5.60. The number of thiophene rings is 1. The molecule has 0 bridgehead atoms. The van der Waals surface area contributed by atoms with E-state index in [-0.39, 0.29) is 12.5 Å². The lowest BCUT2D eigenvalue weighted by Crippen LogP contribution is -2.33. The minimum absolute atomic E-state index is 0.213. The van der Waals surface area contributed by atoms with Crippen molar-refractivity contribution in [1.29, 1.82) is 0 Å². The van der Waals surface area contributed by atoms with Gasteiger partial charge in [-0.3, -0.25) is 14.4 Å². The number of hydrogen-bond donors (Lipinski definition) is 1. The van der Waals surface area contributed by atoms with Gasteiger partial charge in [0.2, 0.25) is 0 Å². The van der Waals surface area contributed by atoms with Gasteiger partial charge in [0.25, 0.3) is 5.91 Å². The number of amides is 1. The molecule has 1 N–H and O–H groups in total. The summed E-state index contributed by atoms with van der Waals surface area (Å²) in [6, 6.07) is 11.8. The molecule has 0 aliphatic carbocycles. The van der Waals surface area contributed by atoms with Gasteiger partial charge in [-0.25, -0.2) is 0 Å². The minimum atomic E-state index is -4.21. The molecule has 3 aromatic rings. The molecule has 5 nitrogen and oxygen atoms in total. The zero-order valence-corrected chi connectivity index (χ0v) is 17.1. The normalized spacial score (nSPS) is 12.1. The van der Waals surface area contributed by atoms with Crippen molar-refractivity contribution < 1.29 is 18.0 Å². The van der Waals surface area contributed by atoms with Crippen LogP contribution in [-0.4, -0.2) is 53.4 Å². The Morgan fingerprint density at radius 2 is 2.00 bits per heavy atom. The average molecular weight is 424 g/mol. The van der Waals surface area contributed by atoms with Gasteiger partial charge < -0.3 is 5.32 Å². The summed E-state index contributed by atoms with van der Waals surface area (Å²) < 4.78 is 38.9. The Bertz CT molecular complexity index is 965. The van der Waals surface area contributed by atoms with E-state index in [1.54, 1.807) is 0 Å². The molecule has 1 aromatic carbocycles. The third-order valence-electron chi connectivity index (χ3n) is 4.46. The zero-order valence-electron chi connectivity index (χ0n) is 16.3. The first-order chi connectivity index (χ1) is 13.7. The molecule has 0 atom stereocenters. The fourth-order valence-electron chi connectivity index (χ4n) is 3.11. The van der Waals surface area contributed by atoms with Crippen molar-refractivity contribution >= 4 is 27.5 Å². The number of fused-ring (bicyclic) bond motifs is 1. The Morgan fingerprint density at radius 1 is 1.28 bits per heavy atom. The summed E-state index contributed by atoms with van der Waals surface area (Å²) in [4.78, 5) is 15.2. The number of alkyl halides is 3. The Kier molecular flexibility index (Phi) is 6.59. The highest BCUT2D eigenvalue weighted by molar-refractivity contribution is 7.20. The van der Waals surface area contributed by atoms with E-state index in [1.165, 1.54) is 23.3 Å². The van der Waals surface area contributed by atoms with Crippen LogP contribution in [0.25, 0.3) is 10.2 Å². The molecule has 0 spiro atoms. The molecule has 0 aliphatic heterocycles. The van der Waals surface area contributed by atoms with Gasteiger partial charge in [-0.2, -0.15) is 18.3 Å². The first-order valence-corrected chi connectivity index (χ1v) is 10.1. The molecular weight excluding hydrogens is 401 g/mol. The van der Waals surface area contributed by atoms with Gasteiger partial charge >= 0.3 is 6.18 Å². The molecule has 2 heterocycles. The Balaban J connectivity index is 1.58. The maximum atomic E-state index is 12.4. The lowest BCUT2D eigenvalue weighted by atomic mass is 10.2. The molecule has 29 heavy (non-hydrogen) atoms. The van der Waals surface area contributed by atoms with Crippen LogP contribution in [0.1, 0.15) is 27.3 Å². The number of halogens is 3. The first kappa shape index (κ1) is 21.3. The van der Waals surface area contributed by atoms with Crippen LogP contribution >= 0.6 is 11.3 Å². The highest BCUT2D eigenvalue weighted by Crippen LogP contribution is 2.28. The molecule has 0 radical (unpaired) electrons. The molecule has 2 aromatic heterocycles. The molecule has 3 rings (SSSR count). The van der Waals surface area contributed by atoms with E-state index in [0.717, 1.165) is 21.5 Å². The molecule has 1 amide bonds. The van der Waals surface area contributed by atoms with Crippen LogP contribution in [-0.2, 0) is 6.54 Å². The Morgan fingerprint density at radius 3 is 2.69 bits per heavy atom. The average Bonchev–Trinajstić information content (AvgIpc) is 3.20. The SMILES string of the molecule is Cc1nn(Cc2ccccc2)c2sc(C(=O)NCCCN(C)CC(F)(F)F)cc12. The maximum Gasteiger partial charge on any atom is 0.401 e. The van der Waals surface area contributed by atoms with Gasteiger partial charge in [0.05, 0.1) is 23.7 Å². The number of hydrogen-bond acceptors (Lipinski definition) is 4. The summed E-state index contributed by atoms with van der Waals surface area (Å²) in [5.74, 6) is -0.213. The van der Waals surface area contributed by atoms with Crippen LogP contribution in [0, 0.1) is 6.92 Å². The summed E-state index contributed by atoms with van der Waals surface area (Å²) in [6.07, 6.45) is -3.76. The topological polar surface area (TPSA) is 50.2 Å². The number of carbonyl (C=O) groups is 1. The number of aryl methyl sites for hydroxylation is 1. The fraction of sp³-hybridized carbons (Fsp3) is 0.400. The van der Waals surface area contributed by atoms with Crippen molar-refractivity contribution in [3.05, 3.63) is 52.5 Å². The van der Waals surface area contributed by atoms with Gasteiger partial charge in [-0.05, 0) is 38.6 Å². The van der Waals surface area contributed by atoms with Crippen molar-refractivity contribution in [2.45, 2.75) is 26.1 Å². The molecule has 9 heteroatoms. The van der Waals surface area contributed by atoms with E-state index < -0.39 is 12.7 Å². The molecule has 0 aliphatic rings. The van der Waals surface area contributed by atoms with Crippen LogP contribution in [0.3, 0.4) is 0 Å². The maximum absolute atomic E-state index is 12.4. The second-order valence-corrected chi connectivity index (χ2v) is 8.05. The summed E-state index contributed by atoms with van der Waals surface area (Å²) in [5, 5.41) is 8.30. The standard InChI is InChI=1S/C20H23F3N4OS/c1-14-16-11-17(18(28)24-9-6-10-26(2)13-20(21,22)23)29-19(16)27(25-14)12-15-7-4-3-5-8-15/h3-5,7-8,11H,6,9-10,12-13H2,1-2H3,(H,24,28). The second kappa shape index (κ2) is 8.96. The number of nitrogens with zero attached hydrogens (tertiary/aromatic N) is 3. The largest absolute Gasteiger partial charge is 0.401 e. The van der Waals surface area contributed by atoms with Crippen LogP contribution in [0.15, 0.2) is 36.4 Å². The van der Waals surface area contributed by atoms with Gasteiger partial charge in [0.15, 0.2) is 0 Å². The monoisotopic (exact) mass is 424 g/mol. The summed E-state index contributed by atoms with van der Waals surface area (Å²) in [7, 11) is 1.42. The van der Waals surface area contributed by atoms with E-state index in [0.29, 0.717) is 24.4 Å². The number of carbonyl (C=O) groups excluding carboxylic acids is 1. The minimum Gasteiger partial charge on any atom is -0.351 e. The summed E-state index contributed by atoms with van der Waals surface area (Å²) in [6.45, 7) is 2.17. The predicted molar refractivity (Wildman–Crippen MR) is 108 cm³/mol. The molecule has 0 fully saturated rings. The highest BCUT2D eigenvalue weighted by Gasteiger charge is 2.28. The van der Waals surface area contributed by atoms with Crippen LogP contribution < -0.4 is 5.32 Å². The molecular formula is C20H23F3N4OS. The molecule has 0 saturated heterocycles. The van der Waals surface area contributed by atoms with Gasteiger partial charge in [0, 0.05) is 11.9 Å². The van der Waals surface area contributed by atoms with E-state index in [1.807, 2.05) is 48.0 Å². The first-order valence-electron chi connectivity index (χ1n) is 9.27. The summed E-state index contributed by atoms with van der Waals surface area (Å²) >= 11 is 1.37. The van der Waals surface area contributed by atoms with E-state index in [4.69, 9.17) is 0 Å².